The minimum Gasteiger partial charge on any atom is -0.485 e. The van der Waals surface area contributed by atoms with Gasteiger partial charge in [0.05, 0.1) is 12.1 Å². The molecule has 4 nitrogen and oxygen atoms in total. The molecular weight excluding hydrogens is 266 g/mol. The molecule has 1 aromatic rings. The van der Waals surface area contributed by atoms with Crippen LogP contribution in [0.3, 0.4) is 0 Å². The van der Waals surface area contributed by atoms with Crippen LogP contribution in [0.5, 0.6) is 5.75 Å². The number of hydrogen-bond acceptors (Lipinski definition) is 4. The summed E-state index contributed by atoms with van der Waals surface area (Å²) in [6.07, 6.45) is 1.26. The molecule has 1 fully saturated rings. The molecule has 0 radical (unpaired) electrons. The molecule has 2 N–H and O–H groups in total. The van der Waals surface area contributed by atoms with Gasteiger partial charge in [-0.1, -0.05) is 6.07 Å². The quantitative estimate of drug-likeness (QED) is 0.878. The first kappa shape index (κ1) is 14.8. The highest BCUT2D eigenvalue weighted by Crippen LogP contribution is 2.44. The molecule has 116 valence electrons. The monoisotopic (exact) mass is 291 g/mol. The van der Waals surface area contributed by atoms with E-state index in [1.54, 1.807) is 6.92 Å². The number of ether oxygens (including phenoxy) is 1. The smallest absolute Gasteiger partial charge is 0.131 e. The van der Waals surface area contributed by atoms with Gasteiger partial charge < -0.3 is 14.9 Å². The molecule has 2 aliphatic rings. The zero-order chi connectivity index (χ0) is 15.2. The van der Waals surface area contributed by atoms with Gasteiger partial charge in [0.2, 0.25) is 0 Å². The molecule has 2 aliphatic heterocycles. The Balaban J connectivity index is 2.06. The molecule has 0 bridgehead atoms. The van der Waals surface area contributed by atoms with Gasteiger partial charge in [-0.25, -0.2) is 0 Å². The lowest BCUT2D eigenvalue weighted by Crippen LogP contribution is -2.53. The molecule has 2 heterocycles. The van der Waals surface area contributed by atoms with Gasteiger partial charge in [0.1, 0.15) is 17.5 Å². The molecule has 1 saturated heterocycles. The normalized spacial score (nSPS) is 29.8. The van der Waals surface area contributed by atoms with E-state index in [9.17, 15) is 10.2 Å². The second kappa shape index (κ2) is 5.27. The van der Waals surface area contributed by atoms with Gasteiger partial charge in [-0.15, -0.1) is 0 Å². The van der Waals surface area contributed by atoms with Gasteiger partial charge in [0.15, 0.2) is 0 Å². The van der Waals surface area contributed by atoms with E-state index >= 15 is 0 Å². The van der Waals surface area contributed by atoms with Crippen LogP contribution in [0.2, 0.25) is 0 Å². The lowest BCUT2D eigenvalue weighted by molar-refractivity contribution is -0.0896. The van der Waals surface area contributed by atoms with Crippen molar-refractivity contribution in [3.63, 3.8) is 0 Å². The summed E-state index contributed by atoms with van der Waals surface area (Å²) < 4.78 is 6.00. The summed E-state index contributed by atoms with van der Waals surface area (Å²) in [6, 6.07) is 5.76. The van der Waals surface area contributed by atoms with Crippen molar-refractivity contribution in [1.82, 2.24) is 4.90 Å². The first-order valence-corrected chi connectivity index (χ1v) is 7.83. The summed E-state index contributed by atoms with van der Waals surface area (Å²) in [7, 11) is 0. The number of nitrogens with zero attached hydrogens (tertiary/aromatic N) is 1. The third-order valence-electron chi connectivity index (χ3n) is 4.75. The summed E-state index contributed by atoms with van der Waals surface area (Å²) in [5, 5.41) is 20.6. The van der Waals surface area contributed by atoms with Crippen molar-refractivity contribution in [2.45, 2.75) is 57.5 Å². The number of benzene rings is 1. The van der Waals surface area contributed by atoms with Crippen LogP contribution >= 0.6 is 0 Å². The Kier molecular flexibility index (Phi) is 3.72. The van der Waals surface area contributed by atoms with Gasteiger partial charge in [-0.2, -0.15) is 0 Å². The topological polar surface area (TPSA) is 52.9 Å². The fraction of sp³-hybridized carbons (Fsp3) is 0.647. The van der Waals surface area contributed by atoms with Gasteiger partial charge in [0.25, 0.3) is 0 Å². The van der Waals surface area contributed by atoms with Crippen LogP contribution in [-0.2, 0) is 0 Å². The van der Waals surface area contributed by atoms with E-state index in [2.05, 4.69) is 4.90 Å². The van der Waals surface area contributed by atoms with Crippen molar-refractivity contribution in [2.75, 3.05) is 13.1 Å². The fourth-order valence-electron chi connectivity index (χ4n) is 3.46. The molecule has 3 atom stereocenters. The predicted octanol–water partition coefficient (Wildman–Crippen LogP) is 2.41. The number of aliphatic hydroxyl groups excluding tert-OH is 2. The van der Waals surface area contributed by atoms with E-state index < -0.39 is 17.8 Å². The van der Waals surface area contributed by atoms with Crippen LogP contribution in [0.4, 0.5) is 0 Å². The van der Waals surface area contributed by atoms with Crippen LogP contribution in [0.25, 0.3) is 0 Å². The number of fused-ring (bicyclic) bond motifs is 1. The van der Waals surface area contributed by atoms with E-state index in [1.165, 1.54) is 12.8 Å². The van der Waals surface area contributed by atoms with Crippen LogP contribution in [0.15, 0.2) is 18.2 Å². The Morgan fingerprint density at radius 2 is 1.95 bits per heavy atom. The summed E-state index contributed by atoms with van der Waals surface area (Å²) in [6.45, 7) is 7.65. The standard InChI is InChI=1S/C17H25NO3/c1-11(19)12-6-7-14-13(10-12)15(18-8-4-5-9-18)16(20)17(2,3)21-14/h6-7,10-11,15-16,19-20H,4-5,8-9H2,1-3H3/t11?,15-,16+/m0/s1. The number of rotatable bonds is 2. The summed E-state index contributed by atoms with van der Waals surface area (Å²) in [4.78, 5) is 2.35. The highest BCUT2D eigenvalue weighted by molar-refractivity contribution is 5.43. The Morgan fingerprint density at radius 3 is 2.57 bits per heavy atom. The molecular formula is C17H25NO3. The fourth-order valence-corrected chi connectivity index (χ4v) is 3.46. The average Bonchev–Trinajstić information content (AvgIpc) is 2.93. The van der Waals surface area contributed by atoms with Crippen molar-refractivity contribution >= 4 is 0 Å². The largest absolute Gasteiger partial charge is 0.485 e. The third-order valence-corrected chi connectivity index (χ3v) is 4.75. The highest BCUT2D eigenvalue weighted by Gasteiger charge is 2.45. The average molecular weight is 291 g/mol. The van der Waals surface area contributed by atoms with E-state index in [-0.39, 0.29) is 6.04 Å². The molecule has 0 saturated carbocycles. The summed E-state index contributed by atoms with van der Waals surface area (Å²) >= 11 is 0. The van der Waals surface area contributed by atoms with E-state index in [0.717, 1.165) is 30.0 Å². The highest BCUT2D eigenvalue weighted by atomic mass is 16.5. The van der Waals surface area contributed by atoms with Crippen molar-refractivity contribution in [3.05, 3.63) is 29.3 Å². The Bertz CT molecular complexity index is 521. The van der Waals surface area contributed by atoms with Gasteiger partial charge in [-0.3, -0.25) is 4.90 Å². The predicted molar refractivity (Wildman–Crippen MR) is 81.3 cm³/mol. The molecule has 0 amide bonds. The zero-order valence-corrected chi connectivity index (χ0v) is 13.0. The minimum absolute atomic E-state index is 0.0510. The van der Waals surface area contributed by atoms with Crippen molar-refractivity contribution in [1.29, 1.82) is 0 Å². The Hall–Kier alpha value is -1.10. The molecule has 1 aromatic carbocycles. The molecule has 1 unspecified atom stereocenters. The third kappa shape index (κ3) is 2.56. The Labute approximate surface area is 126 Å². The number of aliphatic hydroxyl groups is 2. The molecule has 4 heteroatoms. The molecule has 0 spiro atoms. The van der Waals surface area contributed by atoms with Gasteiger partial charge in [0, 0.05) is 5.56 Å². The molecule has 0 aromatic heterocycles. The van der Waals surface area contributed by atoms with Crippen LogP contribution in [0.1, 0.15) is 56.9 Å². The second-order valence-electron chi connectivity index (χ2n) is 6.81. The molecule has 21 heavy (non-hydrogen) atoms. The minimum atomic E-state index is -0.605. The Morgan fingerprint density at radius 1 is 1.29 bits per heavy atom. The summed E-state index contributed by atoms with van der Waals surface area (Å²) in [5.74, 6) is 0.826. The second-order valence-corrected chi connectivity index (χ2v) is 6.81. The maximum atomic E-state index is 10.8. The van der Waals surface area contributed by atoms with E-state index in [4.69, 9.17) is 4.74 Å². The van der Waals surface area contributed by atoms with Crippen LogP contribution in [-0.4, -0.2) is 39.9 Å². The first-order valence-electron chi connectivity index (χ1n) is 7.83. The SMILES string of the molecule is CC(O)c1ccc2c(c1)[C@H](N1CCCC1)[C@@H](O)C(C)(C)O2. The lowest BCUT2D eigenvalue weighted by Gasteiger charge is -2.45. The van der Waals surface area contributed by atoms with Crippen molar-refractivity contribution < 1.29 is 14.9 Å². The summed E-state index contributed by atoms with van der Waals surface area (Å²) in [5.41, 5.74) is 1.27. The molecule has 0 aliphatic carbocycles. The maximum Gasteiger partial charge on any atom is 0.131 e. The number of likely N-dealkylation sites (tertiary alicyclic amines) is 1. The molecule has 3 rings (SSSR count). The lowest BCUT2D eigenvalue weighted by atomic mass is 9.84. The van der Waals surface area contributed by atoms with Crippen molar-refractivity contribution in [3.8, 4) is 5.75 Å². The number of hydrogen-bond donors (Lipinski definition) is 2. The van der Waals surface area contributed by atoms with E-state index in [1.807, 2.05) is 32.0 Å². The van der Waals surface area contributed by atoms with Crippen molar-refractivity contribution in [2.24, 2.45) is 0 Å². The maximum absolute atomic E-state index is 10.8. The van der Waals surface area contributed by atoms with E-state index in [0.29, 0.717) is 0 Å². The van der Waals surface area contributed by atoms with Gasteiger partial charge >= 0.3 is 0 Å². The van der Waals surface area contributed by atoms with Gasteiger partial charge in [-0.05, 0) is 64.4 Å². The van der Waals surface area contributed by atoms with Crippen LogP contribution in [0, 0.1) is 0 Å². The first-order chi connectivity index (χ1) is 9.90. The van der Waals surface area contributed by atoms with Crippen LogP contribution < -0.4 is 4.74 Å². The zero-order valence-electron chi connectivity index (χ0n) is 13.0.